The third kappa shape index (κ3) is 4.64. The van der Waals surface area contributed by atoms with Crippen LogP contribution in [0.1, 0.15) is 47.1 Å². The summed E-state index contributed by atoms with van der Waals surface area (Å²) in [5, 5.41) is 19.9. The molecule has 0 amide bonds. The van der Waals surface area contributed by atoms with Crippen LogP contribution in [0.4, 0.5) is 0 Å². The van der Waals surface area contributed by atoms with E-state index in [0.717, 1.165) is 33.6 Å². The maximum absolute atomic E-state index is 11.6. The van der Waals surface area contributed by atoms with Crippen molar-refractivity contribution in [2.45, 2.75) is 33.3 Å². The number of aryl methyl sites for hydroxylation is 2. The number of carboxylic acid groups (broad SMARTS) is 1. The fraction of sp³-hybridized carbons (Fsp3) is 0.207. The van der Waals surface area contributed by atoms with Crippen molar-refractivity contribution in [2.75, 3.05) is 0 Å². The second-order valence-electron chi connectivity index (χ2n) is 9.51. The summed E-state index contributed by atoms with van der Waals surface area (Å²) in [5.41, 5.74) is 6.38. The molecular weight excluding hydrogens is 523 g/mol. The van der Waals surface area contributed by atoms with E-state index < -0.39 is 5.97 Å². The third-order valence-corrected chi connectivity index (χ3v) is 7.20. The van der Waals surface area contributed by atoms with Crippen LogP contribution in [-0.2, 0) is 13.7 Å². The highest BCUT2D eigenvalue weighted by atomic mass is 35.5. The van der Waals surface area contributed by atoms with Crippen molar-refractivity contribution in [3.05, 3.63) is 93.4 Å². The van der Waals surface area contributed by atoms with Crippen molar-refractivity contribution in [3.8, 4) is 22.6 Å². The Balaban J connectivity index is 1.44. The van der Waals surface area contributed by atoms with E-state index in [1.165, 1.54) is 0 Å². The van der Waals surface area contributed by atoms with Crippen LogP contribution in [-0.4, -0.2) is 30.6 Å². The number of ether oxygens (including phenoxy) is 1. The molecule has 9 heteroatoms. The number of para-hydroxylation sites is 1. The van der Waals surface area contributed by atoms with Gasteiger partial charge in [-0.2, -0.15) is 0 Å². The zero-order valence-corrected chi connectivity index (χ0v) is 22.9. The number of fused-ring (bicyclic) bond motifs is 1. The Morgan fingerprint density at radius 3 is 2.47 bits per heavy atom. The predicted octanol–water partition coefficient (Wildman–Crippen LogP) is 7.44. The minimum absolute atomic E-state index is 0.127. The van der Waals surface area contributed by atoms with E-state index in [1.807, 2.05) is 68.8 Å². The molecule has 194 valence electrons. The number of rotatable bonds is 7. The van der Waals surface area contributed by atoms with Crippen molar-refractivity contribution >= 4 is 40.1 Å². The highest BCUT2D eigenvalue weighted by Crippen LogP contribution is 2.33. The Morgan fingerprint density at radius 1 is 1.08 bits per heavy atom. The minimum Gasteiger partial charge on any atom is -0.487 e. The van der Waals surface area contributed by atoms with Crippen molar-refractivity contribution < 1.29 is 14.6 Å². The molecule has 0 aliphatic rings. The lowest BCUT2D eigenvalue weighted by Crippen LogP contribution is -2.09. The van der Waals surface area contributed by atoms with E-state index in [4.69, 9.17) is 27.9 Å². The van der Waals surface area contributed by atoms with Crippen molar-refractivity contribution in [3.63, 3.8) is 0 Å². The number of carbonyl (C=O) groups is 1. The quantitative estimate of drug-likeness (QED) is 0.228. The first kappa shape index (κ1) is 25.8. The molecule has 2 aromatic heterocycles. The molecule has 38 heavy (non-hydrogen) atoms. The van der Waals surface area contributed by atoms with Crippen LogP contribution in [0, 0.1) is 6.92 Å². The fourth-order valence-electron chi connectivity index (χ4n) is 4.69. The van der Waals surface area contributed by atoms with Gasteiger partial charge in [0.25, 0.3) is 0 Å². The molecule has 2 heterocycles. The maximum atomic E-state index is 11.6. The number of aromatic nitrogens is 4. The van der Waals surface area contributed by atoms with E-state index in [0.29, 0.717) is 32.4 Å². The lowest BCUT2D eigenvalue weighted by atomic mass is 9.99. The molecule has 0 fully saturated rings. The Morgan fingerprint density at radius 2 is 1.82 bits per heavy atom. The lowest BCUT2D eigenvalue weighted by Gasteiger charge is -2.14. The van der Waals surface area contributed by atoms with Crippen molar-refractivity contribution in [1.82, 2.24) is 19.6 Å². The molecular formula is C29H26Cl2N4O3. The average molecular weight is 549 g/mol. The summed E-state index contributed by atoms with van der Waals surface area (Å²) in [6.45, 7) is 6.35. The van der Waals surface area contributed by atoms with E-state index in [1.54, 1.807) is 29.1 Å². The number of aromatic carboxylic acids is 1. The van der Waals surface area contributed by atoms with Crippen LogP contribution in [0.2, 0.25) is 10.0 Å². The van der Waals surface area contributed by atoms with Gasteiger partial charge in [-0.15, -0.1) is 5.10 Å². The molecule has 0 radical (unpaired) electrons. The summed E-state index contributed by atoms with van der Waals surface area (Å²) in [4.78, 5) is 11.6. The fourth-order valence-corrected chi connectivity index (χ4v) is 5.25. The Hall–Kier alpha value is -3.81. The number of carboxylic acids is 1. The SMILES string of the molecule is Cc1cc(OCc2c(C(C)C)nnn2-c2c(Cl)cccc2Cl)ccc1-c1ccc2c(C(=O)O)cn(C)c2c1. The van der Waals surface area contributed by atoms with Crippen molar-refractivity contribution in [1.29, 1.82) is 0 Å². The molecule has 5 aromatic rings. The summed E-state index contributed by atoms with van der Waals surface area (Å²) in [6.07, 6.45) is 1.64. The van der Waals surface area contributed by atoms with Gasteiger partial charge in [0.05, 0.1) is 21.3 Å². The summed E-state index contributed by atoms with van der Waals surface area (Å²) >= 11 is 12.9. The Bertz CT molecular complexity index is 1670. The van der Waals surface area contributed by atoms with Gasteiger partial charge in [0.1, 0.15) is 23.7 Å². The van der Waals surface area contributed by atoms with E-state index in [2.05, 4.69) is 10.3 Å². The topological polar surface area (TPSA) is 82.2 Å². The first-order valence-electron chi connectivity index (χ1n) is 12.1. The zero-order chi connectivity index (χ0) is 27.1. The molecule has 0 bridgehead atoms. The molecule has 0 atom stereocenters. The average Bonchev–Trinajstić information content (AvgIpc) is 3.44. The molecule has 3 aromatic carbocycles. The normalized spacial score (nSPS) is 11.4. The minimum atomic E-state index is -0.935. The van der Waals surface area contributed by atoms with Gasteiger partial charge in [-0.3, -0.25) is 0 Å². The van der Waals surface area contributed by atoms with Gasteiger partial charge in [0.15, 0.2) is 0 Å². The Labute approximate surface area is 230 Å². The molecule has 0 saturated carbocycles. The summed E-state index contributed by atoms with van der Waals surface area (Å²) in [6, 6.07) is 17.1. The first-order valence-corrected chi connectivity index (χ1v) is 12.9. The third-order valence-electron chi connectivity index (χ3n) is 6.59. The second kappa shape index (κ2) is 10.2. The highest BCUT2D eigenvalue weighted by Gasteiger charge is 2.21. The van der Waals surface area contributed by atoms with Gasteiger partial charge in [-0.25, -0.2) is 9.48 Å². The monoisotopic (exact) mass is 548 g/mol. The first-order chi connectivity index (χ1) is 18.2. The molecule has 0 aliphatic heterocycles. The molecule has 1 N–H and O–H groups in total. The number of benzene rings is 3. The van der Waals surface area contributed by atoms with Crippen LogP contribution in [0.25, 0.3) is 27.7 Å². The van der Waals surface area contributed by atoms with Crippen LogP contribution in [0.5, 0.6) is 5.75 Å². The molecule has 0 saturated heterocycles. The molecule has 5 rings (SSSR count). The van der Waals surface area contributed by atoms with E-state index in [9.17, 15) is 9.90 Å². The predicted molar refractivity (Wildman–Crippen MR) is 150 cm³/mol. The maximum Gasteiger partial charge on any atom is 0.337 e. The highest BCUT2D eigenvalue weighted by molar-refractivity contribution is 6.37. The van der Waals surface area contributed by atoms with Gasteiger partial charge in [-0.1, -0.05) is 66.5 Å². The van der Waals surface area contributed by atoms with Gasteiger partial charge in [-0.05, 0) is 59.9 Å². The molecule has 0 unspecified atom stereocenters. The number of hydrogen-bond donors (Lipinski definition) is 1. The van der Waals surface area contributed by atoms with Gasteiger partial charge in [0, 0.05) is 24.1 Å². The van der Waals surface area contributed by atoms with E-state index >= 15 is 0 Å². The number of nitrogens with zero attached hydrogens (tertiary/aromatic N) is 4. The summed E-state index contributed by atoms with van der Waals surface area (Å²) in [7, 11) is 1.85. The van der Waals surface area contributed by atoms with Crippen LogP contribution < -0.4 is 4.74 Å². The molecule has 0 spiro atoms. The number of halogens is 2. The van der Waals surface area contributed by atoms with Crippen LogP contribution >= 0.6 is 23.2 Å². The standard InChI is InChI=1S/C29H26Cl2N4O3/c1-16(2)27-26(35(33-32-27)28-23(30)6-5-7-24(28)31)15-38-19-9-11-20(17(3)12-19)18-8-10-21-22(29(36)37)14-34(4)25(21)13-18/h5-14,16H,15H2,1-4H3,(H,36,37). The molecule has 0 aliphatic carbocycles. The van der Waals surface area contributed by atoms with Crippen LogP contribution in [0.3, 0.4) is 0 Å². The lowest BCUT2D eigenvalue weighted by molar-refractivity contribution is 0.0699. The zero-order valence-electron chi connectivity index (χ0n) is 21.4. The summed E-state index contributed by atoms with van der Waals surface area (Å²) < 4.78 is 9.71. The summed E-state index contributed by atoms with van der Waals surface area (Å²) in [5.74, 6) is -0.108. The second-order valence-corrected chi connectivity index (χ2v) is 10.3. The van der Waals surface area contributed by atoms with Gasteiger partial charge >= 0.3 is 5.97 Å². The van der Waals surface area contributed by atoms with E-state index in [-0.39, 0.29) is 12.5 Å². The van der Waals surface area contributed by atoms with Gasteiger partial charge < -0.3 is 14.4 Å². The van der Waals surface area contributed by atoms with Crippen molar-refractivity contribution in [2.24, 2.45) is 7.05 Å². The Kier molecular flexibility index (Phi) is 6.90. The van der Waals surface area contributed by atoms with Crippen LogP contribution in [0.15, 0.2) is 60.8 Å². The smallest absolute Gasteiger partial charge is 0.337 e. The largest absolute Gasteiger partial charge is 0.487 e. The molecule has 7 nitrogen and oxygen atoms in total. The number of hydrogen-bond acceptors (Lipinski definition) is 4. The van der Waals surface area contributed by atoms with Gasteiger partial charge in [0.2, 0.25) is 0 Å².